The number of carbonyl (C=O) groups excluding carboxylic acids is 1. The zero-order chi connectivity index (χ0) is 19.4. The minimum Gasteiger partial charge on any atom is -0.473 e. The van der Waals surface area contributed by atoms with Gasteiger partial charge in [-0.25, -0.2) is 4.98 Å². The van der Waals surface area contributed by atoms with E-state index in [1.807, 2.05) is 0 Å². The second kappa shape index (κ2) is 8.32. The van der Waals surface area contributed by atoms with Crippen LogP contribution < -0.4 is 10.1 Å². The van der Waals surface area contributed by atoms with Crippen LogP contribution in [-0.2, 0) is 4.74 Å². The number of hydrogen-bond donors (Lipinski definition) is 1. The van der Waals surface area contributed by atoms with E-state index in [9.17, 15) is 14.9 Å². The van der Waals surface area contributed by atoms with Crippen LogP contribution in [0.5, 0.6) is 5.88 Å². The van der Waals surface area contributed by atoms with Crippen LogP contribution >= 0.6 is 11.6 Å². The summed E-state index contributed by atoms with van der Waals surface area (Å²) in [4.78, 5) is 26.9. The molecule has 0 unspecified atom stereocenters. The molecule has 1 aliphatic heterocycles. The normalized spacial score (nSPS) is 14.6. The molecule has 2 heterocycles. The van der Waals surface area contributed by atoms with Crippen molar-refractivity contribution >= 4 is 28.9 Å². The maximum Gasteiger partial charge on any atom is 0.269 e. The molecule has 1 fully saturated rings. The Kier molecular flexibility index (Phi) is 5.88. The standard InChI is InChI=1S/C18H18ClN3O5/c1-11-8-13(22(24)25)2-3-16(11)21-17(23)12-9-15(19)18(20-10-12)27-14-4-6-26-7-5-14/h2-3,8-10,14H,4-7H2,1H3,(H,21,23). The van der Waals surface area contributed by atoms with Gasteiger partial charge in [0.05, 0.1) is 23.7 Å². The summed E-state index contributed by atoms with van der Waals surface area (Å²) in [6.45, 7) is 2.95. The third kappa shape index (κ3) is 4.72. The predicted octanol–water partition coefficient (Wildman–Crippen LogP) is 3.76. The molecule has 0 aliphatic carbocycles. The summed E-state index contributed by atoms with van der Waals surface area (Å²) in [5, 5.41) is 13.7. The lowest BCUT2D eigenvalue weighted by atomic mass is 10.1. The summed E-state index contributed by atoms with van der Waals surface area (Å²) in [6.07, 6.45) is 2.90. The zero-order valence-corrected chi connectivity index (χ0v) is 15.4. The number of non-ortho nitro benzene ring substituents is 1. The Balaban J connectivity index is 1.70. The number of aryl methyl sites for hydroxylation is 1. The molecule has 1 saturated heterocycles. The van der Waals surface area contributed by atoms with Gasteiger partial charge in [0.25, 0.3) is 11.6 Å². The van der Waals surface area contributed by atoms with Crippen LogP contribution in [0, 0.1) is 17.0 Å². The number of halogens is 1. The Hall–Kier alpha value is -2.71. The smallest absolute Gasteiger partial charge is 0.269 e. The van der Waals surface area contributed by atoms with Gasteiger partial charge in [0.1, 0.15) is 11.1 Å². The van der Waals surface area contributed by atoms with Crippen LogP contribution in [0.1, 0.15) is 28.8 Å². The number of nitrogens with zero attached hydrogens (tertiary/aromatic N) is 2. The van der Waals surface area contributed by atoms with Crippen molar-refractivity contribution in [1.29, 1.82) is 0 Å². The molecular weight excluding hydrogens is 374 g/mol. The number of benzene rings is 1. The van der Waals surface area contributed by atoms with Crippen LogP contribution in [0.2, 0.25) is 5.02 Å². The molecule has 1 aromatic carbocycles. The summed E-state index contributed by atoms with van der Waals surface area (Å²) < 4.78 is 11.1. The fourth-order valence-corrected chi connectivity index (χ4v) is 2.89. The van der Waals surface area contributed by atoms with E-state index < -0.39 is 10.8 Å². The van der Waals surface area contributed by atoms with Gasteiger partial charge in [0.2, 0.25) is 5.88 Å². The van der Waals surface area contributed by atoms with Gasteiger partial charge in [-0.3, -0.25) is 14.9 Å². The number of amides is 1. The Morgan fingerprint density at radius 2 is 2.11 bits per heavy atom. The molecular formula is C18H18ClN3O5. The summed E-state index contributed by atoms with van der Waals surface area (Å²) in [5.74, 6) is -0.134. The monoisotopic (exact) mass is 391 g/mol. The number of nitro groups is 1. The van der Waals surface area contributed by atoms with Crippen molar-refractivity contribution in [2.75, 3.05) is 18.5 Å². The summed E-state index contributed by atoms with van der Waals surface area (Å²) in [5.41, 5.74) is 1.28. The molecule has 8 nitrogen and oxygen atoms in total. The van der Waals surface area contributed by atoms with Crippen molar-refractivity contribution in [1.82, 2.24) is 4.98 Å². The van der Waals surface area contributed by atoms with Gasteiger partial charge in [-0.1, -0.05) is 11.6 Å². The molecule has 0 saturated carbocycles. The first-order valence-electron chi connectivity index (χ1n) is 8.40. The molecule has 0 bridgehead atoms. The van der Waals surface area contributed by atoms with Gasteiger partial charge in [-0.05, 0) is 24.6 Å². The quantitative estimate of drug-likeness (QED) is 0.614. The van der Waals surface area contributed by atoms with Gasteiger partial charge in [-0.15, -0.1) is 0 Å². The second-order valence-electron chi connectivity index (χ2n) is 6.15. The number of anilines is 1. The number of aromatic nitrogens is 1. The molecule has 1 aliphatic rings. The molecule has 9 heteroatoms. The number of carbonyl (C=O) groups is 1. The van der Waals surface area contributed by atoms with E-state index in [-0.39, 0.29) is 28.3 Å². The van der Waals surface area contributed by atoms with E-state index in [0.717, 1.165) is 12.8 Å². The lowest BCUT2D eigenvalue weighted by molar-refractivity contribution is -0.384. The van der Waals surface area contributed by atoms with E-state index in [1.54, 1.807) is 6.92 Å². The van der Waals surface area contributed by atoms with Gasteiger partial charge in [0, 0.05) is 36.9 Å². The summed E-state index contributed by atoms with van der Waals surface area (Å²) in [6, 6.07) is 5.70. The van der Waals surface area contributed by atoms with Crippen LogP contribution in [-0.4, -0.2) is 35.1 Å². The zero-order valence-electron chi connectivity index (χ0n) is 14.6. The Labute approximate surface area is 160 Å². The number of nitrogens with one attached hydrogen (secondary N) is 1. The largest absolute Gasteiger partial charge is 0.473 e. The highest BCUT2D eigenvalue weighted by atomic mass is 35.5. The van der Waals surface area contributed by atoms with E-state index in [4.69, 9.17) is 21.1 Å². The fraction of sp³-hybridized carbons (Fsp3) is 0.333. The van der Waals surface area contributed by atoms with Gasteiger partial charge in [-0.2, -0.15) is 0 Å². The number of ether oxygens (including phenoxy) is 2. The minimum absolute atomic E-state index is 0.00816. The molecule has 0 atom stereocenters. The summed E-state index contributed by atoms with van der Waals surface area (Å²) >= 11 is 6.21. The van der Waals surface area contributed by atoms with Crippen molar-refractivity contribution in [2.24, 2.45) is 0 Å². The highest BCUT2D eigenvalue weighted by molar-refractivity contribution is 6.32. The van der Waals surface area contributed by atoms with Crippen LogP contribution in [0.3, 0.4) is 0 Å². The maximum atomic E-state index is 12.4. The van der Waals surface area contributed by atoms with Crippen molar-refractivity contribution in [3.63, 3.8) is 0 Å². The van der Waals surface area contributed by atoms with Crippen molar-refractivity contribution in [3.8, 4) is 5.88 Å². The number of hydrogen-bond acceptors (Lipinski definition) is 6. The fourth-order valence-electron chi connectivity index (χ4n) is 2.68. The third-order valence-electron chi connectivity index (χ3n) is 4.19. The van der Waals surface area contributed by atoms with Gasteiger partial charge in [0.15, 0.2) is 0 Å². The third-order valence-corrected chi connectivity index (χ3v) is 4.46. The molecule has 142 valence electrons. The first-order chi connectivity index (χ1) is 12.9. The SMILES string of the molecule is Cc1cc([N+](=O)[O-])ccc1NC(=O)c1cnc(OC2CCOCC2)c(Cl)c1. The predicted molar refractivity (Wildman–Crippen MR) is 99.5 cm³/mol. The number of pyridine rings is 1. The van der Waals surface area contributed by atoms with Crippen molar-refractivity contribution in [3.05, 3.63) is 56.7 Å². The maximum absolute atomic E-state index is 12.4. The van der Waals surface area contributed by atoms with Crippen LogP contribution in [0.15, 0.2) is 30.5 Å². The Morgan fingerprint density at radius 3 is 2.74 bits per heavy atom. The molecule has 0 spiro atoms. The summed E-state index contributed by atoms with van der Waals surface area (Å²) in [7, 11) is 0. The minimum atomic E-state index is -0.487. The molecule has 0 radical (unpaired) electrons. The topological polar surface area (TPSA) is 104 Å². The molecule has 1 N–H and O–H groups in total. The van der Waals surface area contributed by atoms with Gasteiger partial charge < -0.3 is 14.8 Å². The molecule has 3 rings (SSSR count). The van der Waals surface area contributed by atoms with E-state index in [0.29, 0.717) is 24.5 Å². The van der Waals surface area contributed by atoms with Crippen molar-refractivity contribution in [2.45, 2.75) is 25.9 Å². The number of rotatable bonds is 5. The first kappa shape index (κ1) is 19.1. The molecule has 1 amide bonds. The molecule has 1 aromatic heterocycles. The lowest BCUT2D eigenvalue weighted by Crippen LogP contribution is -2.26. The average molecular weight is 392 g/mol. The van der Waals surface area contributed by atoms with E-state index >= 15 is 0 Å². The number of nitro benzene ring substituents is 1. The highest BCUT2D eigenvalue weighted by Gasteiger charge is 2.19. The lowest BCUT2D eigenvalue weighted by Gasteiger charge is -2.23. The van der Waals surface area contributed by atoms with Crippen LogP contribution in [0.4, 0.5) is 11.4 Å². The highest BCUT2D eigenvalue weighted by Crippen LogP contribution is 2.27. The average Bonchev–Trinajstić information content (AvgIpc) is 2.65. The first-order valence-corrected chi connectivity index (χ1v) is 8.78. The Morgan fingerprint density at radius 1 is 1.37 bits per heavy atom. The second-order valence-corrected chi connectivity index (χ2v) is 6.56. The Bertz CT molecular complexity index is 868. The van der Waals surface area contributed by atoms with E-state index in [1.165, 1.54) is 30.5 Å². The molecule has 2 aromatic rings. The van der Waals surface area contributed by atoms with Crippen molar-refractivity contribution < 1.29 is 19.2 Å². The molecule has 27 heavy (non-hydrogen) atoms. The van der Waals surface area contributed by atoms with Crippen LogP contribution in [0.25, 0.3) is 0 Å². The van der Waals surface area contributed by atoms with Gasteiger partial charge >= 0.3 is 0 Å². The van der Waals surface area contributed by atoms with E-state index in [2.05, 4.69) is 10.3 Å².